The van der Waals surface area contributed by atoms with Crippen molar-refractivity contribution in [3.63, 3.8) is 0 Å². The lowest BCUT2D eigenvalue weighted by atomic mass is 10.2. The van der Waals surface area contributed by atoms with Crippen molar-refractivity contribution in [3.05, 3.63) is 58.7 Å². The highest BCUT2D eigenvalue weighted by molar-refractivity contribution is 7.09. The normalized spacial score (nSPS) is 9.92. The topological polar surface area (TPSA) is 64.0 Å². The van der Waals surface area contributed by atoms with Gasteiger partial charge in [0.25, 0.3) is 5.91 Å². The Morgan fingerprint density at radius 3 is 2.40 bits per heavy atom. The number of rotatable bonds is 3. The molecule has 0 radical (unpaired) electrons. The lowest BCUT2D eigenvalue weighted by Gasteiger charge is -2.05. The van der Waals surface area contributed by atoms with Crippen molar-refractivity contribution in [2.24, 2.45) is 7.05 Å². The van der Waals surface area contributed by atoms with Crippen LogP contribution in [0, 0.1) is 6.92 Å². The van der Waals surface area contributed by atoms with E-state index in [0.29, 0.717) is 5.69 Å². The van der Waals surface area contributed by atoms with Crippen molar-refractivity contribution in [2.45, 2.75) is 6.92 Å². The molecule has 2 heterocycles. The zero-order valence-electron chi connectivity index (χ0n) is 13.5. The predicted molar refractivity (Wildman–Crippen MR) is 93.3 cm³/mol. The molecule has 0 atom stereocenters. The Morgan fingerprint density at radius 2 is 1.84 bits per heavy atom. The first-order chi connectivity index (χ1) is 11.9. The van der Waals surface area contributed by atoms with Gasteiger partial charge in [-0.25, -0.2) is 9.78 Å². The molecule has 3 rings (SSSR count). The molecule has 0 spiro atoms. The maximum atomic E-state index is 12.3. The standard InChI is InChI=1S/C16H15N3OS.CF2O/c1-11-17-14(10-21-11)12-8-15(19(2)9-12)16(20)18-13-6-4-3-5-7-13;2-1(3)4/h3-10H,1-2H3,(H,18,20);. The van der Waals surface area contributed by atoms with Gasteiger partial charge < -0.3 is 9.88 Å². The first-order valence-electron chi connectivity index (χ1n) is 7.17. The number of amides is 1. The third-order valence-corrected chi connectivity index (χ3v) is 3.96. The number of nitrogens with zero attached hydrogens (tertiary/aromatic N) is 2. The van der Waals surface area contributed by atoms with E-state index in [1.165, 1.54) is 0 Å². The maximum absolute atomic E-state index is 12.3. The van der Waals surface area contributed by atoms with Gasteiger partial charge in [-0.1, -0.05) is 18.2 Å². The quantitative estimate of drug-likeness (QED) is 0.683. The van der Waals surface area contributed by atoms with E-state index in [2.05, 4.69) is 10.3 Å². The van der Waals surface area contributed by atoms with E-state index in [1.54, 1.807) is 11.3 Å². The number of thiazole rings is 1. The van der Waals surface area contributed by atoms with E-state index in [0.717, 1.165) is 22.0 Å². The van der Waals surface area contributed by atoms with E-state index in [-0.39, 0.29) is 5.91 Å². The first-order valence-corrected chi connectivity index (χ1v) is 8.05. The molecule has 1 N–H and O–H groups in total. The molecular weight excluding hydrogens is 348 g/mol. The van der Waals surface area contributed by atoms with Gasteiger partial charge in [0.2, 0.25) is 0 Å². The number of carbonyl (C=O) groups is 2. The van der Waals surface area contributed by atoms with Crippen LogP contribution in [0.25, 0.3) is 11.3 Å². The minimum Gasteiger partial charge on any atom is -0.346 e. The van der Waals surface area contributed by atoms with Gasteiger partial charge in [0, 0.05) is 29.9 Å². The Hall–Kier alpha value is -2.87. The number of hydrogen-bond acceptors (Lipinski definition) is 4. The number of anilines is 1. The van der Waals surface area contributed by atoms with Crippen LogP contribution in [0.3, 0.4) is 0 Å². The summed E-state index contributed by atoms with van der Waals surface area (Å²) in [6.45, 7) is 1.97. The van der Waals surface area contributed by atoms with Gasteiger partial charge in [-0.15, -0.1) is 20.1 Å². The summed E-state index contributed by atoms with van der Waals surface area (Å²) in [5, 5.41) is 5.91. The molecule has 8 heteroatoms. The Labute approximate surface area is 146 Å². The van der Waals surface area contributed by atoms with Crippen LogP contribution in [0.15, 0.2) is 48.0 Å². The molecule has 25 heavy (non-hydrogen) atoms. The zero-order valence-corrected chi connectivity index (χ0v) is 14.3. The van der Waals surface area contributed by atoms with Crippen molar-refractivity contribution in [1.29, 1.82) is 0 Å². The highest BCUT2D eigenvalue weighted by Gasteiger charge is 2.14. The van der Waals surface area contributed by atoms with Gasteiger partial charge in [0.15, 0.2) is 0 Å². The van der Waals surface area contributed by atoms with Gasteiger partial charge in [-0.3, -0.25) is 4.79 Å². The van der Waals surface area contributed by atoms with Gasteiger partial charge >= 0.3 is 6.29 Å². The maximum Gasteiger partial charge on any atom is 0.483 e. The van der Waals surface area contributed by atoms with Gasteiger partial charge in [-0.05, 0) is 25.1 Å². The van der Waals surface area contributed by atoms with E-state index in [4.69, 9.17) is 4.79 Å². The van der Waals surface area contributed by atoms with E-state index < -0.39 is 6.29 Å². The summed E-state index contributed by atoms with van der Waals surface area (Å²) in [4.78, 5) is 24.9. The summed E-state index contributed by atoms with van der Waals surface area (Å²) in [6, 6.07) is 11.3. The minimum absolute atomic E-state index is 0.123. The number of carbonyl (C=O) groups excluding carboxylic acids is 2. The average Bonchev–Trinajstić information content (AvgIpc) is 3.13. The predicted octanol–water partition coefficient (Wildman–Crippen LogP) is 4.75. The number of hydrogen-bond donors (Lipinski definition) is 1. The SMILES string of the molecule is Cc1nc(-c2cc(C(=O)Nc3ccccc3)n(C)c2)cs1.O=C(F)F. The second-order valence-electron chi connectivity index (χ2n) is 5.02. The van der Waals surface area contributed by atoms with Crippen LogP contribution < -0.4 is 5.32 Å². The molecule has 0 fully saturated rings. The Kier molecular flexibility index (Phi) is 6.13. The molecule has 0 aliphatic carbocycles. The van der Waals surface area contributed by atoms with Crippen LogP contribution in [-0.2, 0) is 7.05 Å². The number of para-hydroxylation sites is 1. The minimum atomic E-state index is -2.83. The summed E-state index contributed by atoms with van der Waals surface area (Å²) in [5.74, 6) is -0.123. The molecule has 2 aromatic heterocycles. The van der Waals surface area contributed by atoms with Crippen molar-refractivity contribution in [1.82, 2.24) is 9.55 Å². The summed E-state index contributed by atoms with van der Waals surface area (Å²) >= 11 is 1.60. The highest BCUT2D eigenvalue weighted by atomic mass is 32.1. The van der Waals surface area contributed by atoms with Crippen LogP contribution in [0.5, 0.6) is 0 Å². The molecule has 0 saturated heterocycles. The molecule has 0 aliphatic rings. The fraction of sp³-hybridized carbons (Fsp3) is 0.118. The number of aryl methyl sites for hydroxylation is 2. The van der Waals surface area contributed by atoms with E-state index in [9.17, 15) is 13.6 Å². The molecule has 1 amide bonds. The van der Waals surface area contributed by atoms with E-state index >= 15 is 0 Å². The number of halogens is 2. The van der Waals surface area contributed by atoms with Crippen LogP contribution in [0.4, 0.5) is 19.3 Å². The lowest BCUT2D eigenvalue weighted by Crippen LogP contribution is -2.15. The molecule has 0 aliphatic heterocycles. The molecule has 130 valence electrons. The lowest BCUT2D eigenvalue weighted by molar-refractivity contribution is 0.101. The number of benzene rings is 1. The molecule has 0 unspecified atom stereocenters. The van der Waals surface area contributed by atoms with Crippen molar-refractivity contribution in [3.8, 4) is 11.3 Å². The van der Waals surface area contributed by atoms with Crippen molar-refractivity contribution >= 4 is 29.2 Å². The fourth-order valence-corrected chi connectivity index (χ4v) is 2.77. The van der Waals surface area contributed by atoms with Crippen LogP contribution >= 0.6 is 11.3 Å². The molecule has 0 saturated carbocycles. The number of aromatic nitrogens is 2. The second kappa shape index (κ2) is 8.29. The Bertz CT molecular complexity index is 871. The fourth-order valence-electron chi connectivity index (χ4n) is 2.14. The highest BCUT2D eigenvalue weighted by Crippen LogP contribution is 2.24. The smallest absolute Gasteiger partial charge is 0.346 e. The molecule has 0 bridgehead atoms. The molecular formula is C17H15F2N3O2S. The largest absolute Gasteiger partial charge is 0.483 e. The monoisotopic (exact) mass is 363 g/mol. The molecule has 3 aromatic rings. The molecule has 1 aromatic carbocycles. The third kappa shape index (κ3) is 5.32. The van der Waals surface area contributed by atoms with Gasteiger partial charge in [0.05, 0.1) is 10.7 Å². The van der Waals surface area contributed by atoms with Crippen molar-refractivity contribution in [2.75, 3.05) is 5.32 Å². The summed E-state index contributed by atoms with van der Waals surface area (Å²) in [5.41, 5.74) is 3.26. The average molecular weight is 363 g/mol. The van der Waals surface area contributed by atoms with Crippen molar-refractivity contribution < 1.29 is 18.4 Å². The first kappa shape index (κ1) is 18.5. The summed E-state index contributed by atoms with van der Waals surface area (Å²) in [6.07, 6.45) is -0.908. The number of nitrogens with one attached hydrogen (secondary N) is 1. The van der Waals surface area contributed by atoms with Crippen LogP contribution in [-0.4, -0.2) is 21.7 Å². The summed E-state index contributed by atoms with van der Waals surface area (Å²) in [7, 11) is 1.86. The van der Waals surface area contributed by atoms with E-state index in [1.807, 2.05) is 66.5 Å². The van der Waals surface area contributed by atoms with Gasteiger partial charge in [-0.2, -0.15) is 0 Å². The van der Waals surface area contributed by atoms with Crippen LogP contribution in [0.1, 0.15) is 15.5 Å². The van der Waals surface area contributed by atoms with Crippen LogP contribution in [0.2, 0.25) is 0 Å². The zero-order chi connectivity index (χ0) is 18.4. The second-order valence-corrected chi connectivity index (χ2v) is 6.08. The van der Waals surface area contributed by atoms with Gasteiger partial charge in [0.1, 0.15) is 5.69 Å². The summed E-state index contributed by atoms with van der Waals surface area (Å²) < 4.78 is 21.2. The Morgan fingerprint density at radius 1 is 1.20 bits per heavy atom. The third-order valence-electron chi connectivity index (χ3n) is 3.18. The molecule has 5 nitrogen and oxygen atoms in total. The Balaban J connectivity index is 0.000000511.